The first kappa shape index (κ1) is 13.7. The predicted octanol–water partition coefficient (Wildman–Crippen LogP) is 2.05. The number of fused-ring (bicyclic) bond motifs is 1. The minimum absolute atomic E-state index is 0.174. The van der Waals surface area contributed by atoms with Gasteiger partial charge in [0.15, 0.2) is 6.10 Å². The Morgan fingerprint density at radius 2 is 2.11 bits per heavy atom. The molecular weight excluding hydrogens is 261 g/mol. The van der Waals surface area contributed by atoms with Crippen LogP contribution in [-0.2, 0) is 13.5 Å². The first-order chi connectivity index (χ1) is 8.82. The Labute approximate surface area is 107 Å². The van der Waals surface area contributed by atoms with Crippen molar-refractivity contribution in [2.24, 2.45) is 7.05 Å². The van der Waals surface area contributed by atoms with Crippen molar-refractivity contribution >= 4 is 11.0 Å². The van der Waals surface area contributed by atoms with Gasteiger partial charge in [0.05, 0.1) is 18.1 Å². The molecular formula is C12H13F3N2O2. The third kappa shape index (κ3) is 2.65. The van der Waals surface area contributed by atoms with Crippen LogP contribution < -0.4 is 4.74 Å². The van der Waals surface area contributed by atoms with Gasteiger partial charge in [0.2, 0.25) is 0 Å². The lowest BCUT2D eigenvalue weighted by molar-refractivity contribution is -0.203. The van der Waals surface area contributed by atoms with Crippen LogP contribution in [0, 0.1) is 0 Å². The van der Waals surface area contributed by atoms with Gasteiger partial charge in [-0.3, -0.25) is 0 Å². The van der Waals surface area contributed by atoms with Crippen LogP contribution in [0.2, 0.25) is 0 Å². The van der Waals surface area contributed by atoms with Crippen LogP contribution in [0.15, 0.2) is 18.2 Å². The highest BCUT2D eigenvalue weighted by Crippen LogP contribution is 2.25. The normalized spacial score (nSPS) is 13.8. The quantitative estimate of drug-likeness (QED) is 0.931. The number of benzene rings is 1. The molecule has 0 aliphatic rings. The van der Waals surface area contributed by atoms with E-state index in [0.717, 1.165) is 0 Å². The summed E-state index contributed by atoms with van der Waals surface area (Å²) in [6.45, 7) is 0. The molecule has 2 rings (SSSR count). The molecule has 1 N–H and O–H groups in total. The molecule has 0 saturated carbocycles. The number of hydrogen-bond donors (Lipinski definition) is 1. The number of ether oxygens (including phenoxy) is 1. The first-order valence-electron chi connectivity index (χ1n) is 5.57. The van der Waals surface area contributed by atoms with E-state index in [1.54, 1.807) is 25.2 Å². The smallest absolute Gasteiger partial charge is 0.414 e. The van der Waals surface area contributed by atoms with Crippen molar-refractivity contribution in [1.82, 2.24) is 9.55 Å². The molecule has 0 radical (unpaired) electrons. The second-order valence-electron chi connectivity index (χ2n) is 4.20. The highest BCUT2D eigenvalue weighted by atomic mass is 19.4. The fourth-order valence-corrected chi connectivity index (χ4v) is 1.83. The molecule has 1 aromatic heterocycles. The number of aliphatic hydroxyl groups is 1. The summed E-state index contributed by atoms with van der Waals surface area (Å²) in [5.41, 5.74) is 1.22. The number of alkyl halides is 3. The van der Waals surface area contributed by atoms with E-state index in [9.17, 15) is 13.2 Å². The molecule has 104 valence electrons. The zero-order valence-electron chi connectivity index (χ0n) is 10.4. The lowest BCUT2D eigenvalue weighted by Crippen LogP contribution is -2.31. The summed E-state index contributed by atoms with van der Waals surface area (Å²) in [6, 6.07) is 5.05. The first-order valence-corrected chi connectivity index (χ1v) is 5.57. The number of nitrogens with zero attached hydrogens (tertiary/aromatic N) is 2. The zero-order chi connectivity index (χ0) is 14.2. The van der Waals surface area contributed by atoms with Crippen LogP contribution in [0.3, 0.4) is 0 Å². The summed E-state index contributed by atoms with van der Waals surface area (Å²) in [7, 11) is 3.11. The van der Waals surface area contributed by atoms with Gasteiger partial charge in [0.1, 0.15) is 11.6 Å². The number of imidazole rings is 1. The SMILES string of the molecule is COc1ccc2c(c1)nc(CC(O)C(F)(F)F)n2C. The van der Waals surface area contributed by atoms with Gasteiger partial charge in [-0.2, -0.15) is 13.2 Å². The number of hydrogen-bond acceptors (Lipinski definition) is 3. The standard InChI is InChI=1S/C12H13F3N2O2/c1-17-9-4-3-7(19-2)5-8(9)16-11(17)6-10(18)12(13,14)15/h3-5,10,18H,6H2,1-2H3. The third-order valence-corrected chi connectivity index (χ3v) is 2.93. The average molecular weight is 274 g/mol. The molecule has 7 heteroatoms. The topological polar surface area (TPSA) is 47.3 Å². The maximum atomic E-state index is 12.3. The van der Waals surface area contributed by atoms with Crippen molar-refractivity contribution in [3.63, 3.8) is 0 Å². The molecule has 1 atom stereocenters. The Balaban J connectivity index is 2.37. The van der Waals surface area contributed by atoms with Gasteiger partial charge in [0.25, 0.3) is 0 Å². The van der Waals surface area contributed by atoms with Crippen molar-refractivity contribution in [2.75, 3.05) is 7.11 Å². The van der Waals surface area contributed by atoms with Crippen LogP contribution in [0.5, 0.6) is 5.75 Å². The molecule has 0 saturated heterocycles. The molecule has 0 amide bonds. The van der Waals surface area contributed by atoms with Crippen LogP contribution >= 0.6 is 0 Å². The molecule has 1 aromatic carbocycles. The van der Waals surface area contributed by atoms with Crippen LogP contribution in [0.25, 0.3) is 11.0 Å². The monoisotopic (exact) mass is 274 g/mol. The molecule has 1 unspecified atom stereocenters. The molecule has 4 nitrogen and oxygen atoms in total. The Hall–Kier alpha value is -1.76. The fraction of sp³-hybridized carbons (Fsp3) is 0.417. The summed E-state index contributed by atoms with van der Waals surface area (Å²) in [5, 5.41) is 9.09. The predicted molar refractivity (Wildman–Crippen MR) is 63.0 cm³/mol. The second-order valence-corrected chi connectivity index (χ2v) is 4.20. The Morgan fingerprint density at radius 1 is 1.42 bits per heavy atom. The molecule has 19 heavy (non-hydrogen) atoms. The number of rotatable bonds is 3. The van der Waals surface area contributed by atoms with Crippen molar-refractivity contribution < 1.29 is 23.0 Å². The van der Waals surface area contributed by atoms with E-state index in [4.69, 9.17) is 9.84 Å². The van der Waals surface area contributed by atoms with E-state index in [2.05, 4.69) is 4.98 Å². The Kier molecular flexibility index (Phi) is 3.40. The van der Waals surface area contributed by atoms with E-state index < -0.39 is 18.7 Å². The summed E-state index contributed by atoms with van der Waals surface area (Å²) in [6.07, 6.45) is -7.63. The summed E-state index contributed by atoms with van der Waals surface area (Å²) in [4.78, 5) is 4.10. The molecule has 2 aromatic rings. The maximum absolute atomic E-state index is 12.3. The van der Waals surface area contributed by atoms with E-state index in [0.29, 0.717) is 16.8 Å². The van der Waals surface area contributed by atoms with Crippen molar-refractivity contribution in [1.29, 1.82) is 0 Å². The molecule has 1 heterocycles. The second kappa shape index (κ2) is 4.73. The summed E-state index contributed by atoms with van der Waals surface area (Å²) >= 11 is 0. The number of aryl methyl sites for hydroxylation is 1. The summed E-state index contributed by atoms with van der Waals surface area (Å²) < 4.78 is 43.6. The summed E-state index contributed by atoms with van der Waals surface area (Å²) in [5.74, 6) is 0.751. The number of aliphatic hydroxyl groups excluding tert-OH is 1. The Bertz CT molecular complexity index is 592. The van der Waals surface area contributed by atoms with E-state index in [1.807, 2.05) is 0 Å². The minimum Gasteiger partial charge on any atom is -0.497 e. The number of methoxy groups -OCH3 is 1. The molecule has 0 fully saturated rings. The Morgan fingerprint density at radius 3 is 2.68 bits per heavy atom. The van der Waals surface area contributed by atoms with Gasteiger partial charge in [-0.05, 0) is 12.1 Å². The van der Waals surface area contributed by atoms with E-state index in [-0.39, 0.29) is 5.82 Å². The lowest BCUT2D eigenvalue weighted by Gasteiger charge is -2.13. The fourth-order valence-electron chi connectivity index (χ4n) is 1.83. The highest BCUT2D eigenvalue weighted by Gasteiger charge is 2.39. The van der Waals surface area contributed by atoms with Gasteiger partial charge < -0.3 is 14.4 Å². The molecule has 0 aliphatic heterocycles. The lowest BCUT2D eigenvalue weighted by atomic mass is 10.2. The molecule has 0 bridgehead atoms. The molecule has 0 spiro atoms. The highest BCUT2D eigenvalue weighted by molar-refractivity contribution is 5.77. The van der Waals surface area contributed by atoms with Crippen LogP contribution in [0.4, 0.5) is 13.2 Å². The van der Waals surface area contributed by atoms with Crippen molar-refractivity contribution in [2.45, 2.75) is 18.7 Å². The van der Waals surface area contributed by atoms with Crippen molar-refractivity contribution in [3.05, 3.63) is 24.0 Å². The van der Waals surface area contributed by atoms with Gasteiger partial charge in [-0.1, -0.05) is 0 Å². The van der Waals surface area contributed by atoms with Crippen LogP contribution in [-0.4, -0.2) is 34.0 Å². The molecule has 0 aliphatic carbocycles. The average Bonchev–Trinajstić information content (AvgIpc) is 2.64. The minimum atomic E-state index is -4.64. The van der Waals surface area contributed by atoms with Gasteiger partial charge in [-0.15, -0.1) is 0 Å². The van der Waals surface area contributed by atoms with Gasteiger partial charge in [0, 0.05) is 19.5 Å². The number of halogens is 3. The number of aromatic nitrogens is 2. The van der Waals surface area contributed by atoms with Crippen molar-refractivity contribution in [3.8, 4) is 5.75 Å². The van der Waals surface area contributed by atoms with Gasteiger partial charge in [-0.25, -0.2) is 4.98 Å². The zero-order valence-corrected chi connectivity index (χ0v) is 10.4. The van der Waals surface area contributed by atoms with E-state index in [1.165, 1.54) is 11.7 Å². The largest absolute Gasteiger partial charge is 0.497 e. The van der Waals surface area contributed by atoms with E-state index >= 15 is 0 Å². The van der Waals surface area contributed by atoms with Crippen LogP contribution in [0.1, 0.15) is 5.82 Å². The van der Waals surface area contributed by atoms with Gasteiger partial charge >= 0.3 is 6.18 Å². The maximum Gasteiger partial charge on any atom is 0.414 e. The third-order valence-electron chi connectivity index (χ3n) is 2.93.